The Bertz CT molecular complexity index is 1770. The molecule has 6 N–H and O–H groups in total. The Hall–Kier alpha value is -2.14. The van der Waals surface area contributed by atoms with Gasteiger partial charge in [-0.15, -0.1) is 97.1 Å². The van der Waals surface area contributed by atoms with Gasteiger partial charge in [0.05, 0.1) is 56.6 Å². The van der Waals surface area contributed by atoms with Gasteiger partial charge in [0, 0.05) is 22.8 Å². The lowest BCUT2D eigenvalue weighted by atomic mass is 10.1. The van der Waals surface area contributed by atoms with Gasteiger partial charge < -0.3 is 35.9 Å². The summed E-state index contributed by atoms with van der Waals surface area (Å²) in [5, 5.41) is 20.6. The summed E-state index contributed by atoms with van der Waals surface area (Å²) >= 11 is 3.40. The van der Waals surface area contributed by atoms with Crippen LogP contribution in [0.3, 0.4) is 0 Å². The summed E-state index contributed by atoms with van der Waals surface area (Å²) in [6.07, 6.45) is 4.55. The van der Waals surface area contributed by atoms with Crippen LogP contribution < -0.4 is 21.3 Å². The number of para-hydroxylation sites is 4. The van der Waals surface area contributed by atoms with E-state index < -0.39 is 0 Å². The van der Waals surface area contributed by atoms with E-state index in [-0.39, 0.29) is 79.9 Å². The summed E-state index contributed by atoms with van der Waals surface area (Å²) in [6, 6.07) is 17.6. The molecule has 0 amide bonds. The largest absolute Gasteiger partial charge is 0.412 e. The molecule has 2 aromatic carbocycles. The lowest BCUT2D eigenvalue weighted by molar-refractivity contribution is 0.475. The van der Waals surface area contributed by atoms with Gasteiger partial charge in [-0.05, 0) is 90.0 Å². The SMILES string of the molecule is Cc1nc(Cn2c(NC3CCNCC3)nc3ccccc32)cs1.Cc1nc(Cn2c(NC3CCNCC3)nc3ccccc32)cs1.Cl.Cl.Cl.Cl.Cl.Cl.O. The number of imidazole rings is 2. The predicted octanol–water partition coefficient (Wildman–Crippen LogP) is 7.73. The van der Waals surface area contributed by atoms with Crippen LogP contribution in [0.2, 0.25) is 0 Å². The van der Waals surface area contributed by atoms with Crippen molar-refractivity contribution >= 4 is 131 Å². The minimum absolute atomic E-state index is 0. The fourth-order valence-electron chi connectivity index (χ4n) is 6.27. The zero-order valence-corrected chi connectivity index (χ0v) is 36.0. The molecule has 2 saturated heterocycles. The Labute approximate surface area is 356 Å². The molecule has 19 heteroatoms. The minimum Gasteiger partial charge on any atom is -0.412 e. The smallest absolute Gasteiger partial charge is 0.204 e. The van der Waals surface area contributed by atoms with E-state index in [4.69, 9.17) is 9.97 Å². The Kier molecular flexibility index (Phi) is 23.4. The zero-order chi connectivity index (χ0) is 31.3. The average Bonchev–Trinajstić information content (AvgIpc) is 3.86. The van der Waals surface area contributed by atoms with Gasteiger partial charge in [-0.25, -0.2) is 19.9 Å². The molecule has 8 rings (SSSR count). The van der Waals surface area contributed by atoms with Crippen molar-refractivity contribution in [3.63, 3.8) is 0 Å². The number of rotatable bonds is 8. The molecule has 2 aliphatic heterocycles. The van der Waals surface area contributed by atoms with Crippen molar-refractivity contribution in [2.45, 2.75) is 64.7 Å². The third-order valence-corrected chi connectivity index (χ3v) is 10.3. The maximum atomic E-state index is 4.82. The van der Waals surface area contributed by atoms with Crippen molar-refractivity contribution in [1.82, 2.24) is 39.7 Å². The highest BCUT2D eigenvalue weighted by Gasteiger charge is 2.19. The van der Waals surface area contributed by atoms with E-state index in [1.165, 1.54) is 0 Å². The van der Waals surface area contributed by atoms with E-state index in [9.17, 15) is 0 Å². The second kappa shape index (κ2) is 24.4. The zero-order valence-electron chi connectivity index (χ0n) is 29.4. The molecule has 0 unspecified atom stereocenters. The van der Waals surface area contributed by atoms with Crippen molar-refractivity contribution in [1.29, 1.82) is 0 Å². The molecule has 6 aromatic rings. The van der Waals surface area contributed by atoms with Gasteiger partial charge in [-0.3, -0.25) is 0 Å². The van der Waals surface area contributed by atoms with Crippen LogP contribution in [-0.4, -0.2) is 72.8 Å². The second-order valence-corrected chi connectivity index (χ2v) is 14.2. The summed E-state index contributed by atoms with van der Waals surface area (Å²) in [4.78, 5) is 18.9. The van der Waals surface area contributed by atoms with Gasteiger partial charge in [0.1, 0.15) is 0 Å². The van der Waals surface area contributed by atoms with Crippen molar-refractivity contribution in [2.75, 3.05) is 36.8 Å². The van der Waals surface area contributed by atoms with E-state index in [0.29, 0.717) is 12.1 Å². The highest BCUT2D eigenvalue weighted by molar-refractivity contribution is 7.09. The Morgan fingerprint density at radius 3 is 1.28 bits per heavy atom. The maximum Gasteiger partial charge on any atom is 0.204 e. The molecule has 296 valence electrons. The van der Waals surface area contributed by atoms with Crippen LogP contribution in [0, 0.1) is 13.8 Å². The number of hydrogen-bond acceptors (Lipinski definition) is 10. The Balaban J connectivity index is 0.000000901. The lowest BCUT2D eigenvalue weighted by Crippen LogP contribution is -2.36. The predicted molar refractivity (Wildman–Crippen MR) is 238 cm³/mol. The molecule has 0 aliphatic carbocycles. The molecule has 2 aliphatic rings. The first-order valence-electron chi connectivity index (χ1n) is 16.3. The number of piperidine rings is 2. The number of nitrogens with zero attached hydrogens (tertiary/aromatic N) is 6. The van der Waals surface area contributed by atoms with Crippen molar-refractivity contribution in [2.24, 2.45) is 0 Å². The van der Waals surface area contributed by atoms with E-state index in [1.807, 2.05) is 26.0 Å². The summed E-state index contributed by atoms with van der Waals surface area (Å²) in [6.45, 7) is 9.91. The lowest BCUT2D eigenvalue weighted by Gasteiger charge is -2.24. The summed E-state index contributed by atoms with van der Waals surface area (Å²) in [7, 11) is 0. The van der Waals surface area contributed by atoms with Crippen molar-refractivity contribution in [3.8, 4) is 0 Å². The molecule has 6 heterocycles. The van der Waals surface area contributed by atoms with Crippen LogP contribution in [-0.2, 0) is 13.1 Å². The number of aryl methyl sites for hydroxylation is 2. The maximum absolute atomic E-state index is 4.82. The summed E-state index contributed by atoms with van der Waals surface area (Å²) in [5.74, 6) is 1.92. The molecule has 4 aromatic heterocycles. The van der Waals surface area contributed by atoms with Crippen LogP contribution in [0.15, 0.2) is 59.3 Å². The van der Waals surface area contributed by atoms with E-state index in [2.05, 4.69) is 87.5 Å². The van der Waals surface area contributed by atoms with Crippen LogP contribution in [0.1, 0.15) is 47.1 Å². The van der Waals surface area contributed by atoms with E-state index >= 15 is 0 Å². The van der Waals surface area contributed by atoms with E-state index in [0.717, 1.165) is 120 Å². The number of nitrogens with one attached hydrogen (secondary N) is 4. The van der Waals surface area contributed by atoms with Gasteiger partial charge in [-0.2, -0.15) is 0 Å². The van der Waals surface area contributed by atoms with Gasteiger partial charge in [0.15, 0.2) is 0 Å². The molecule has 0 atom stereocenters. The first-order valence-corrected chi connectivity index (χ1v) is 18.0. The quantitative estimate of drug-likeness (QED) is 0.122. The highest BCUT2D eigenvalue weighted by Crippen LogP contribution is 2.25. The van der Waals surface area contributed by atoms with Gasteiger partial charge >= 0.3 is 0 Å². The molecule has 0 radical (unpaired) electrons. The fourth-order valence-corrected chi connectivity index (χ4v) is 7.48. The van der Waals surface area contributed by atoms with Gasteiger partial charge in [0.2, 0.25) is 11.9 Å². The topological polar surface area (TPSA) is 141 Å². The summed E-state index contributed by atoms with van der Waals surface area (Å²) < 4.78 is 4.51. The molecular weight excluding hydrogens is 841 g/mol. The first kappa shape index (κ1) is 50.9. The monoisotopic (exact) mass is 888 g/mol. The minimum atomic E-state index is 0. The van der Waals surface area contributed by atoms with Gasteiger partial charge in [-0.1, -0.05) is 24.3 Å². The molecule has 0 saturated carbocycles. The normalized spacial score (nSPS) is 13.9. The van der Waals surface area contributed by atoms with E-state index in [1.54, 1.807) is 22.7 Å². The summed E-state index contributed by atoms with van der Waals surface area (Å²) in [5.41, 5.74) is 6.60. The van der Waals surface area contributed by atoms with Crippen LogP contribution >= 0.6 is 97.1 Å². The van der Waals surface area contributed by atoms with Crippen molar-refractivity contribution in [3.05, 3.63) is 80.7 Å². The van der Waals surface area contributed by atoms with Crippen LogP contribution in [0.5, 0.6) is 0 Å². The van der Waals surface area contributed by atoms with Crippen LogP contribution in [0.4, 0.5) is 11.9 Å². The number of halogens is 6. The molecule has 2 fully saturated rings. The molecule has 0 spiro atoms. The molecule has 53 heavy (non-hydrogen) atoms. The third-order valence-electron chi connectivity index (χ3n) is 8.63. The second-order valence-electron chi connectivity index (χ2n) is 12.1. The number of benzene rings is 2. The number of anilines is 2. The Morgan fingerprint density at radius 1 is 0.585 bits per heavy atom. The number of aromatic nitrogens is 6. The molecule has 0 bridgehead atoms. The molecular formula is C34H50Cl6N10OS2. The highest BCUT2D eigenvalue weighted by atomic mass is 35.5. The first-order chi connectivity index (χ1) is 22.6. The standard InChI is InChI=1S/2C17H21N5S.6ClH.H2O/c2*1-12-19-14(11-23-12)10-22-16-5-3-2-4-15(16)21-17(22)20-13-6-8-18-9-7-13;;;;;;;/h2*2-5,11,13,18H,6-10H2,1H3,(H,20,21);6*1H;1H2. The Morgan fingerprint density at radius 2 is 0.943 bits per heavy atom. The molecule has 11 nitrogen and oxygen atoms in total. The average molecular weight is 892 g/mol. The number of fused-ring (bicyclic) bond motifs is 2. The van der Waals surface area contributed by atoms with Crippen molar-refractivity contribution < 1.29 is 5.48 Å². The number of hydrogen-bond donors (Lipinski definition) is 4. The fraction of sp³-hybridized carbons (Fsp3) is 0.412. The van der Waals surface area contributed by atoms with Crippen LogP contribution in [0.25, 0.3) is 22.1 Å². The third kappa shape index (κ3) is 13.0. The number of thiazole rings is 2. The van der Waals surface area contributed by atoms with Gasteiger partial charge in [0.25, 0.3) is 0 Å².